The predicted octanol–water partition coefficient (Wildman–Crippen LogP) is 2.93. The smallest absolute Gasteiger partial charge is 0.378 e. The van der Waals surface area contributed by atoms with Crippen molar-refractivity contribution in [1.82, 2.24) is 10.2 Å². The number of benzene rings is 1. The first-order valence-electron chi connectivity index (χ1n) is 8.83. The molecule has 27 heavy (non-hydrogen) atoms. The van der Waals surface area contributed by atoms with Gasteiger partial charge in [0.15, 0.2) is 0 Å². The van der Waals surface area contributed by atoms with Gasteiger partial charge >= 0.3 is 12.2 Å². The lowest BCUT2D eigenvalue weighted by molar-refractivity contribution is -0.156. The monoisotopic (exact) mass is 406 g/mol. The molecule has 1 aromatic rings. The number of nitrogens with zero attached hydrogens (tertiary/aromatic N) is 2. The number of rotatable bonds is 2. The summed E-state index contributed by atoms with van der Waals surface area (Å²) in [6, 6.07) is 3.18. The number of amides is 2. The molecule has 2 aliphatic rings. The van der Waals surface area contributed by atoms with Gasteiger partial charge in [0, 0.05) is 32.7 Å². The van der Waals surface area contributed by atoms with Crippen LogP contribution in [0.25, 0.3) is 0 Å². The largest absolute Gasteiger partial charge is 0.403 e. The van der Waals surface area contributed by atoms with Crippen LogP contribution in [0.1, 0.15) is 6.42 Å². The molecule has 0 aliphatic carbocycles. The summed E-state index contributed by atoms with van der Waals surface area (Å²) < 4.78 is 44.0. The van der Waals surface area contributed by atoms with Gasteiger partial charge in [-0.2, -0.15) is 13.2 Å². The predicted molar refractivity (Wildman–Crippen MR) is 97.5 cm³/mol. The number of morpholine rings is 1. The molecule has 2 aliphatic heterocycles. The van der Waals surface area contributed by atoms with Crippen molar-refractivity contribution in [3.63, 3.8) is 0 Å². The first-order valence-corrected chi connectivity index (χ1v) is 9.21. The van der Waals surface area contributed by atoms with Crippen LogP contribution in [-0.2, 0) is 4.74 Å². The lowest BCUT2D eigenvalue weighted by Crippen LogP contribution is -2.42. The number of ether oxygens (including phenoxy) is 1. The van der Waals surface area contributed by atoms with E-state index in [4.69, 9.17) is 16.3 Å². The minimum atomic E-state index is -4.32. The highest BCUT2D eigenvalue weighted by Crippen LogP contribution is 2.34. The molecule has 0 unspecified atom stereocenters. The molecule has 1 aromatic carbocycles. The summed E-state index contributed by atoms with van der Waals surface area (Å²) >= 11 is 6.34. The van der Waals surface area contributed by atoms with Crippen LogP contribution < -0.4 is 15.5 Å². The van der Waals surface area contributed by atoms with Crippen molar-refractivity contribution < 1.29 is 22.7 Å². The fourth-order valence-corrected chi connectivity index (χ4v) is 3.57. The summed E-state index contributed by atoms with van der Waals surface area (Å²) in [6.07, 6.45) is -4.49. The van der Waals surface area contributed by atoms with E-state index in [0.717, 1.165) is 0 Å². The first-order chi connectivity index (χ1) is 12.9. The van der Waals surface area contributed by atoms with Crippen molar-refractivity contribution in [3.05, 3.63) is 23.2 Å². The Kier molecular flexibility index (Phi) is 6.33. The van der Waals surface area contributed by atoms with Gasteiger partial charge in [0.1, 0.15) is 6.04 Å². The Morgan fingerprint density at radius 2 is 1.96 bits per heavy atom. The number of anilines is 2. The van der Waals surface area contributed by atoms with Crippen molar-refractivity contribution in [2.75, 3.05) is 56.2 Å². The number of halogens is 4. The molecule has 3 rings (SSSR count). The third-order valence-electron chi connectivity index (χ3n) is 4.70. The molecule has 0 saturated carbocycles. The van der Waals surface area contributed by atoms with Gasteiger partial charge in [0.05, 0.1) is 29.6 Å². The van der Waals surface area contributed by atoms with E-state index in [1.165, 1.54) is 4.90 Å². The van der Waals surface area contributed by atoms with Crippen molar-refractivity contribution in [1.29, 1.82) is 0 Å². The molecule has 0 bridgehead atoms. The maximum absolute atomic E-state index is 12.9. The Balaban J connectivity index is 1.70. The van der Waals surface area contributed by atoms with E-state index < -0.39 is 18.2 Å². The minimum Gasteiger partial charge on any atom is -0.378 e. The van der Waals surface area contributed by atoms with Crippen LogP contribution in [0.3, 0.4) is 0 Å². The fraction of sp³-hybridized carbons (Fsp3) is 0.588. The highest BCUT2D eigenvalue weighted by Gasteiger charge is 2.40. The number of urea groups is 1. The minimum absolute atomic E-state index is 0.0243. The molecule has 0 spiro atoms. The van der Waals surface area contributed by atoms with Crippen LogP contribution in [0.2, 0.25) is 5.02 Å². The van der Waals surface area contributed by atoms with Gasteiger partial charge < -0.3 is 25.2 Å². The molecule has 2 heterocycles. The van der Waals surface area contributed by atoms with E-state index in [1.54, 1.807) is 18.2 Å². The Hall–Kier alpha value is -1.71. The van der Waals surface area contributed by atoms with Crippen LogP contribution in [0.4, 0.5) is 29.3 Å². The normalized spacial score (nSPS) is 21.7. The van der Waals surface area contributed by atoms with Crippen LogP contribution in [0, 0.1) is 0 Å². The van der Waals surface area contributed by atoms with E-state index in [1.807, 2.05) is 4.90 Å². The third-order valence-corrected chi connectivity index (χ3v) is 5.00. The van der Waals surface area contributed by atoms with Gasteiger partial charge in [-0.25, -0.2) is 4.79 Å². The second-order valence-electron chi connectivity index (χ2n) is 6.49. The molecular weight excluding hydrogens is 385 g/mol. The summed E-state index contributed by atoms with van der Waals surface area (Å²) in [5, 5.41) is 5.77. The molecule has 10 heteroatoms. The number of carbonyl (C=O) groups excluding carboxylic acids is 1. The van der Waals surface area contributed by atoms with Gasteiger partial charge in [0.2, 0.25) is 0 Å². The summed E-state index contributed by atoms with van der Waals surface area (Å²) in [5.74, 6) is 0. The van der Waals surface area contributed by atoms with Crippen molar-refractivity contribution in [2.45, 2.75) is 18.6 Å². The van der Waals surface area contributed by atoms with E-state index in [-0.39, 0.29) is 26.1 Å². The summed E-state index contributed by atoms with van der Waals surface area (Å²) in [6.45, 7) is 2.73. The van der Waals surface area contributed by atoms with E-state index in [2.05, 4.69) is 10.6 Å². The lowest BCUT2D eigenvalue weighted by atomic mass is 10.2. The van der Waals surface area contributed by atoms with Gasteiger partial charge in [-0.05, 0) is 18.6 Å². The number of hydrogen-bond acceptors (Lipinski definition) is 4. The first kappa shape index (κ1) is 20.0. The molecule has 2 saturated heterocycles. The summed E-state index contributed by atoms with van der Waals surface area (Å²) in [7, 11) is 0. The molecular formula is C17H22ClF3N4O2. The average molecular weight is 407 g/mol. The molecule has 2 N–H and O–H groups in total. The van der Waals surface area contributed by atoms with Crippen molar-refractivity contribution >= 4 is 29.0 Å². The second-order valence-corrected chi connectivity index (χ2v) is 6.90. The Labute approximate surface area is 160 Å². The number of carbonyl (C=O) groups is 1. The zero-order valence-corrected chi connectivity index (χ0v) is 15.4. The number of para-hydroxylation sites is 1. The molecule has 0 aromatic heterocycles. The van der Waals surface area contributed by atoms with Gasteiger partial charge in [-0.15, -0.1) is 0 Å². The van der Waals surface area contributed by atoms with Crippen LogP contribution >= 0.6 is 11.6 Å². The highest BCUT2D eigenvalue weighted by molar-refractivity contribution is 6.34. The van der Waals surface area contributed by atoms with Crippen LogP contribution in [-0.4, -0.2) is 69.1 Å². The number of hydrogen-bond donors (Lipinski definition) is 2. The summed E-state index contributed by atoms with van der Waals surface area (Å²) in [4.78, 5) is 16.1. The maximum Gasteiger partial charge on any atom is 0.403 e. The molecule has 0 radical (unpaired) electrons. The standard InChI is InChI=1S/C17H22ClF3N4O2/c18-12-2-1-3-13(15(12)24-8-10-27-11-9-24)23-16(26)25-6-4-14(17(19,20)21)22-5-7-25/h1-3,14,22H,4-11H2,(H,23,26)/t14-/m0/s1. The third kappa shape index (κ3) is 4.97. The Morgan fingerprint density at radius 1 is 1.22 bits per heavy atom. The maximum atomic E-state index is 12.9. The van der Waals surface area contributed by atoms with E-state index in [9.17, 15) is 18.0 Å². The Bertz CT molecular complexity index is 668. The van der Waals surface area contributed by atoms with Crippen molar-refractivity contribution in [3.8, 4) is 0 Å². The molecule has 1 atom stereocenters. The number of alkyl halides is 3. The molecule has 150 valence electrons. The molecule has 2 amide bonds. The molecule has 6 nitrogen and oxygen atoms in total. The van der Waals surface area contributed by atoms with E-state index in [0.29, 0.717) is 42.7 Å². The van der Waals surface area contributed by atoms with Gasteiger partial charge in [-0.1, -0.05) is 17.7 Å². The summed E-state index contributed by atoms with van der Waals surface area (Å²) in [5.41, 5.74) is 1.25. The second kappa shape index (κ2) is 8.53. The fourth-order valence-electron chi connectivity index (χ4n) is 3.27. The zero-order chi connectivity index (χ0) is 19.4. The highest BCUT2D eigenvalue weighted by atomic mass is 35.5. The SMILES string of the molecule is O=C(Nc1cccc(Cl)c1N1CCOCC1)N1CCN[C@H](C(F)(F)F)CC1. The Morgan fingerprint density at radius 3 is 2.67 bits per heavy atom. The zero-order valence-electron chi connectivity index (χ0n) is 14.7. The topological polar surface area (TPSA) is 56.8 Å². The van der Waals surface area contributed by atoms with Crippen LogP contribution in [0.15, 0.2) is 18.2 Å². The van der Waals surface area contributed by atoms with Crippen LogP contribution in [0.5, 0.6) is 0 Å². The quantitative estimate of drug-likeness (QED) is 0.793. The molecule has 2 fully saturated rings. The van der Waals surface area contributed by atoms with Gasteiger partial charge in [-0.3, -0.25) is 0 Å². The van der Waals surface area contributed by atoms with Crippen molar-refractivity contribution in [2.24, 2.45) is 0 Å². The van der Waals surface area contributed by atoms with E-state index >= 15 is 0 Å². The lowest BCUT2D eigenvalue weighted by Gasteiger charge is -2.32. The average Bonchev–Trinajstić information content (AvgIpc) is 2.89. The number of nitrogens with one attached hydrogen (secondary N) is 2. The van der Waals surface area contributed by atoms with Gasteiger partial charge in [0.25, 0.3) is 0 Å².